The number of hydrogen-bond acceptors (Lipinski definition) is 4. The Labute approximate surface area is 193 Å². The van der Waals surface area contributed by atoms with Gasteiger partial charge in [-0.15, -0.1) is 0 Å². The van der Waals surface area contributed by atoms with Crippen LogP contribution in [0.5, 0.6) is 0 Å². The van der Waals surface area contributed by atoms with E-state index < -0.39 is 0 Å². The Kier molecular flexibility index (Phi) is 15.1. The van der Waals surface area contributed by atoms with Crippen LogP contribution in [0, 0.1) is 0 Å². The summed E-state index contributed by atoms with van der Waals surface area (Å²) in [6.45, 7) is 3.76. The number of thiol groups is 1. The van der Waals surface area contributed by atoms with Crippen molar-refractivity contribution in [2.24, 2.45) is 11.5 Å². The van der Waals surface area contributed by atoms with Crippen LogP contribution >= 0.6 is 12.6 Å². The van der Waals surface area contributed by atoms with E-state index in [0.717, 1.165) is 18.1 Å². The van der Waals surface area contributed by atoms with Crippen LogP contribution in [0.4, 0.5) is 0 Å². The van der Waals surface area contributed by atoms with Gasteiger partial charge in [-0.3, -0.25) is 4.79 Å². The van der Waals surface area contributed by atoms with Crippen LogP contribution < -0.4 is 11.5 Å². The third-order valence-electron chi connectivity index (χ3n) is 4.77. The molecule has 4 nitrogen and oxygen atoms in total. The Morgan fingerprint density at radius 3 is 1.90 bits per heavy atom. The van der Waals surface area contributed by atoms with Crippen LogP contribution in [0.25, 0.3) is 5.76 Å². The summed E-state index contributed by atoms with van der Waals surface area (Å²) in [4.78, 5) is 10.4. The summed E-state index contributed by atoms with van der Waals surface area (Å²) in [6, 6.07) is 19.1. The first-order chi connectivity index (χ1) is 15.1. The number of carbonyl (C=O) groups excluding carboxylic acids is 1. The molecule has 5 heteroatoms. The highest BCUT2D eigenvalue weighted by Gasteiger charge is 2.16. The van der Waals surface area contributed by atoms with Gasteiger partial charge in [-0.05, 0) is 49.9 Å². The van der Waals surface area contributed by atoms with Crippen molar-refractivity contribution in [3.63, 3.8) is 0 Å². The van der Waals surface area contributed by atoms with E-state index in [2.05, 4.69) is 43.8 Å². The first-order valence-electron chi connectivity index (χ1n) is 11.2. The van der Waals surface area contributed by atoms with Gasteiger partial charge in [0.2, 0.25) is 5.91 Å². The average Bonchev–Trinajstić information content (AvgIpc) is 2.78. The first kappa shape index (κ1) is 26.8. The average molecular weight is 443 g/mol. The molecule has 2 aromatic rings. The molecular formula is C26H38N2O2S. The highest BCUT2D eigenvalue weighted by atomic mass is 32.1. The molecule has 3 rings (SSSR count). The van der Waals surface area contributed by atoms with Crippen molar-refractivity contribution in [2.75, 3.05) is 18.9 Å². The molecule has 0 aromatic heterocycles. The standard InChI is InChI=1S/C13H16OS.C7H7NO.C6H15N/c15-10-9-14-13(12-7-4-8-12)11-5-2-1-3-6-11;8-7(9)6-4-2-1-3-5-6;1-2-3-4-5-6-7/h1-3,5-6,15H,4,7-10H2;1-5H,(H2,8,9);2-7H2,1H3. The van der Waals surface area contributed by atoms with Gasteiger partial charge in [-0.25, -0.2) is 0 Å². The molecule has 170 valence electrons. The third kappa shape index (κ3) is 11.7. The minimum Gasteiger partial charge on any atom is -0.492 e. The molecule has 4 N–H and O–H groups in total. The molecule has 0 unspecified atom stereocenters. The van der Waals surface area contributed by atoms with E-state index in [1.807, 2.05) is 12.1 Å². The van der Waals surface area contributed by atoms with Crippen molar-refractivity contribution in [3.8, 4) is 0 Å². The number of carbonyl (C=O) groups is 1. The number of benzene rings is 2. The Hall–Kier alpha value is -2.24. The number of nitrogens with two attached hydrogens (primary N) is 2. The summed E-state index contributed by atoms with van der Waals surface area (Å²) < 4.78 is 5.78. The fraction of sp³-hybridized carbons (Fsp3) is 0.423. The molecule has 0 bridgehead atoms. The molecule has 0 spiro atoms. The highest BCUT2D eigenvalue weighted by Crippen LogP contribution is 2.34. The number of unbranched alkanes of at least 4 members (excludes halogenated alkanes) is 3. The molecular weight excluding hydrogens is 404 g/mol. The predicted octanol–water partition coefficient (Wildman–Crippen LogP) is 5.84. The van der Waals surface area contributed by atoms with Gasteiger partial charge >= 0.3 is 0 Å². The zero-order chi connectivity index (χ0) is 22.7. The second kappa shape index (κ2) is 17.4. The van der Waals surface area contributed by atoms with Crippen LogP contribution in [0.15, 0.2) is 66.2 Å². The van der Waals surface area contributed by atoms with Gasteiger partial charge in [-0.1, -0.05) is 74.7 Å². The monoisotopic (exact) mass is 442 g/mol. The molecule has 0 aliphatic heterocycles. The van der Waals surface area contributed by atoms with E-state index in [4.69, 9.17) is 16.2 Å². The molecule has 31 heavy (non-hydrogen) atoms. The van der Waals surface area contributed by atoms with Gasteiger partial charge in [0, 0.05) is 16.9 Å². The summed E-state index contributed by atoms with van der Waals surface area (Å²) in [5.41, 5.74) is 13.5. The third-order valence-corrected chi connectivity index (χ3v) is 4.95. The summed E-state index contributed by atoms with van der Waals surface area (Å²) in [5, 5.41) is 0. The molecule has 0 saturated heterocycles. The van der Waals surface area contributed by atoms with Gasteiger partial charge in [0.05, 0.1) is 6.61 Å². The van der Waals surface area contributed by atoms with Gasteiger partial charge in [0.25, 0.3) is 0 Å². The van der Waals surface area contributed by atoms with Crippen molar-refractivity contribution in [3.05, 3.63) is 77.4 Å². The molecule has 0 radical (unpaired) electrons. The van der Waals surface area contributed by atoms with Crippen LogP contribution in [0.1, 0.15) is 67.8 Å². The molecule has 1 saturated carbocycles. The Bertz CT molecular complexity index is 739. The van der Waals surface area contributed by atoms with E-state index in [-0.39, 0.29) is 5.91 Å². The fourth-order valence-electron chi connectivity index (χ4n) is 2.88. The van der Waals surface area contributed by atoms with Crippen LogP contribution in [-0.4, -0.2) is 24.8 Å². The van der Waals surface area contributed by atoms with Gasteiger partial charge in [0.15, 0.2) is 0 Å². The number of allylic oxidation sites excluding steroid dienone is 1. The number of hydrogen-bond donors (Lipinski definition) is 3. The van der Waals surface area contributed by atoms with E-state index >= 15 is 0 Å². The van der Waals surface area contributed by atoms with Gasteiger partial charge < -0.3 is 16.2 Å². The summed E-state index contributed by atoms with van der Waals surface area (Å²) in [5.74, 6) is 1.48. The van der Waals surface area contributed by atoms with E-state index in [1.54, 1.807) is 24.3 Å². The lowest BCUT2D eigenvalue weighted by atomic mass is 9.89. The minimum atomic E-state index is -0.379. The molecule has 0 heterocycles. The molecule has 2 aromatic carbocycles. The lowest BCUT2D eigenvalue weighted by molar-refractivity contribution is 0.100. The first-order valence-corrected chi connectivity index (χ1v) is 11.8. The zero-order valence-corrected chi connectivity index (χ0v) is 19.7. The smallest absolute Gasteiger partial charge is 0.248 e. The van der Waals surface area contributed by atoms with Crippen molar-refractivity contribution >= 4 is 24.3 Å². The zero-order valence-electron chi connectivity index (χ0n) is 18.8. The highest BCUT2D eigenvalue weighted by molar-refractivity contribution is 7.80. The van der Waals surface area contributed by atoms with Crippen molar-refractivity contribution < 1.29 is 9.53 Å². The Balaban J connectivity index is 0.000000257. The summed E-state index contributed by atoms with van der Waals surface area (Å²) in [6.07, 6.45) is 8.85. The maximum Gasteiger partial charge on any atom is 0.248 e. The van der Waals surface area contributed by atoms with Gasteiger partial charge in [-0.2, -0.15) is 12.6 Å². The predicted molar refractivity (Wildman–Crippen MR) is 135 cm³/mol. The molecule has 1 amide bonds. The SMILES string of the molecule is CCCCCCN.NC(=O)c1ccccc1.SCCOC(=C1CCC1)c1ccccc1. The van der Waals surface area contributed by atoms with Crippen LogP contribution in [0.2, 0.25) is 0 Å². The van der Waals surface area contributed by atoms with E-state index in [0.29, 0.717) is 12.2 Å². The second-order valence-electron chi connectivity index (χ2n) is 7.30. The van der Waals surface area contributed by atoms with E-state index in [1.165, 1.54) is 56.1 Å². The minimum absolute atomic E-state index is 0.379. The topological polar surface area (TPSA) is 78.3 Å². The number of ether oxygens (including phenoxy) is 1. The van der Waals surface area contributed by atoms with Crippen molar-refractivity contribution in [1.29, 1.82) is 0 Å². The maximum absolute atomic E-state index is 10.4. The van der Waals surface area contributed by atoms with Gasteiger partial charge in [0.1, 0.15) is 5.76 Å². The Morgan fingerprint density at radius 2 is 1.52 bits per heavy atom. The Morgan fingerprint density at radius 1 is 0.935 bits per heavy atom. The fourth-order valence-corrected chi connectivity index (χ4v) is 2.97. The number of amides is 1. The molecule has 1 fully saturated rings. The molecule has 0 atom stereocenters. The summed E-state index contributed by atoms with van der Waals surface area (Å²) >= 11 is 4.18. The number of primary amides is 1. The van der Waals surface area contributed by atoms with Crippen molar-refractivity contribution in [2.45, 2.75) is 51.9 Å². The lowest BCUT2D eigenvalue weighted by Gasteiger charge is -2.22. The maximum atomic E-state index is 10.4. The largest absolute Gasteiger partial charge is 0.492 e. The van der Waals surface area contributed by atoms with E-state index in [9.17, 15) is 4.79 Å². The van der Waals surface area contributed by atoms with Crippen LogP contribution in [0.3, 0.4) is 0 Å². The van der Waals surface area contributed by atoms with Crippen LogP contribution in [-0.2, 0) is 4.74 Å². The quantitative estimate of drug-likeness (QED) is 0.259. The molecule has 1 aliphatic rings. The molecule has 1 aliphatic carbocycles. The van der Waals surface area contributed by atoms with Crippen molar-refractivity contribution in [1.82, 2.24) is 0 Å². The lowest BCUT2D eigenvalue weighted by Crippen LogP contribution is -2.09. The number of rotatable bonds is 9. The summed E-state index contributed by atoms with van der Waals surface area (Å²) in [7, 11) is 0. The second-order valence-corrected chi connectivity index (χ2v) is 7.75. The normalized spacial score (nSPS) is 11.8.